The summed E-state index contributed by atoms with van der Waals surface area (Å²) in [5.41, 5.74) is 2.07. The van der Waals surface area contributed by atoms with Crippen molar-refractivity contribution in [3.8, 4) is 5.75 Å². The maximum atomic E-state index is 5.22. The molecule has 17 heavy (non-hydrogen) atoms. The van der Waals surface area contributed by atoms with Crippen molar-refractivity contribution in [2.75, 3.05) is 19.1 Å². The molecule has 0 amide bonds. The number of pyridine rings is 1. The van der Waals surface area contributed by atoms with E-state index in [4.69, 9.17) is 4.74 Å². The molecule has 1 heterocycles. The van der Waals surface area contributed by atoms with Crippen molar-refractivity contribution in [2.24, 2.45) is 0 Å². The molecular formula is C14H16N2O. The second kappa shape index (κ2) is 4.87. The number of anilines is 2. The quantitative estimate of drug-likeness (QED) is 0.806. The second-order valence-corrected chi connectivity index (χ2v) is 3.90. The molecule has 0 N–H and O–H groups in total. The summed E-state index contributed by atoms with van der Waals surface area (Å²) in [7, 11) is 3.67. The van der Waals surface area contributed by atoms with Crippen LogP contribution in [0.25, 0.3) is 0 Å². The minimum Gasteiger partial charge on any atom is -0.497 e. The molecule has 1 aromatic heterocycles. The summed E-state index contributed by atoms with van der Waals surface area (Å²) in [4.78, 5) is 6.53. The maximum absolute atomic E-state index is 5.22. The summed E-state index contributed by atoms with van der Waals surface area (Å²) >= 11 is 0. The van der Waals surface area contributed by atoms with Crippen LogP contribution in [-0.2, 0) is 0 Å². The smallest absolute Gasteiger partial charge is 0.132 e. The molecule has 0 bridgehead atoms. The molecule has 0 fully saturated rings. The summed E-state index contributed by atoms with van der Waals surface area (Å²) in [5, 5.41) is 0. The van der Waals surface area contributed by atoms with Crippen molar-refractivity contribution in [1.29, 1.82) is 0 Å². The number of benzene rings is 1. The molecule has 0 atom stereocenters. The van der Waals surface area contributed by atoms with Gasteiger partial charge in [-0.05, 0) is 31.2 Å². The molecule has 0 aliphatic heterocycles. The lowest BCUT2D eigenvalue weighted by molar-refractivity contribution is 0.415. The average molecular weight is 228 g/mol. The summed E-state index contributed by atoms with van der Waals surface area (Å²) in [5.74, 6) is 1.78. The normalized spacial score (nSPS) is 10.1. The molecule has 88 valence electrons. The van der Waals surface area contributed by atoms with Crippen molar-refractivity contribution >= 4 is 11.5 Å². The Kier molecular flexibility index (Phi) is 3.28. The Morgan fingerprint density at radius 2 is 1.88 bits per heavy atom. The van der Waals surface area contributed by atoms with Gasteiger partial charge in [-0.3, -0.25) is 0 Å². The number of ether oxygens (including phenoxy) is 1. The molecular weight excluding hydrogens is 212 g/mol. The zero-order valence-corrected chi connectivity index (χ0v) is 10.3. The summed E-state index contributed by atoms with van der Waals surface area (Å²) in [6, 6.07) is 13.9. The van der Waals surface area contributed by atoms with Crippen LogP contribution < -0.4 is 9.64 Å². The zero-order valence-electron chi connectivity index (χ0n) is 10.3. The minimum atomic E-state index is 0.849. The highest BCUT2D eigenvalue weighted by atomic mass is 16.5. The van der Waals surface area contributed by atoms with Crippen molar-refractivity contribution < 1.29 is 4.74 Å². The molecule has 2 rings (SSSR count). The van der Waals surface area contributed by atoms with E-state index >= 15 is 0 Å². The van der Waals surface area contributed by atoms with E-state index in [0.717, 1.165) is 22.9 Å². The molecule has 3 nitrogen and oxygen atoms in total. The molecule has 0 aliphatic carbocycles. The van der Waals surface area contributed by atoms with E-state index in [1.807, 2.05) is 61.3 Å². The van der Waals surface area contributed by atoms with Gasteiger partial charge in [0.2, 0.25) is 0 Å². The van der Waals surface area contributed by atoms with Crippen LogP contribution in [0.1, 0.15) is 5.69 Å². The Hall–Kier alpha value is -2.03. The van der Waals surface area contributed by atoms with Crippen molar-refractivity contribution in [3.63, 3.8) is 0 Å². The first-order chi connectivity index (χ1) is 8.20. The number of hydrogen-bond donors (Lipinski definition) is 0. The van der Waals surface area contributed by atoms with Crippen LogP contribution in [0.4, 0.5) is 11.5 Å². The lowest BCUT2D eigenvalue weighted by Crippen LogP contribution is -2.11. The van der Waals surface area contributed by atoms with Crippen molar-refractivity contribution in [1.82, 2.24) is 4.98 Å². The van der Waals surface area contributed by atoms with Crippen molar-refractivity contribution in [3.05, 3.63) is 48.2 Å². The third-order valence-electron chi connectivity index (χ3n) is 2.66. The molecule has 0 radical (unpaired) electrons. The van der Waals surface area contributed by atoms with Gasteiger partial charge in [0.25, 0.3) is 0 Å². The van der Waals surface area contributed by atoms with Gasteiger partial charge in [-0.25, -0.2) is 4.98 Å². The number of methoxy groups -OCH3 is 1. The second-order valence-electron chi connectivity index (χ2n) is 3.90. The molecule has 1 aromatic carbocycles. The van der Waals surface area contributed by atoms with Gasteiger partial charge in [0.1, 0.15) is 11.6 Å². The monoisotopic (exact) mass is 228 g/mol. The van der Waals surface area contributed by atoms with Gasteiger partial charge in [-0.1, -0.05) is 12.1 Å². The Bertz CT molecular complexity index is 511. The van der Waals surface area contributed by atoms with Gasteiger partial charge in [-0.15, -0.1) is 0 Å². The predicted molar refractivity (Wildman–Crippen MR) is 70.0 cm³/mol. The third-order valence-corrected chi connectivity index (χ3v) is 2.66. The van der Waals surface area contributed by atoms with E-state index in [0.29, 0.717) is 0 Å². The fourth-order valence-corrected chi connectivity index (χ4v) is 1.67. The van der Waals surface area contributed by atoms with Crippen LogP contribution in [0, 0.1) is 6.92 Å². The van der Waals surface area contributed by atoms with Gasteiger partial charge < -0.3 is 9.64 Å². The Labute approximate surface area is 102 Å². The van der Waals surface area contributed by atoms with E-state index in [2.05, 4.69) is 4.98 Å². The molecule has 0 saturated heterocycles. The lowest BCUT2D eigenvalue weighted by atomic mass is 10.2. The summed E-state index contributed by atoms with van der Waals surface area (Å²) in [6.45, 7) is 1.99. The van der Waals surface area contributed by atoms with Gasteiger partial charge >= 0.3 is 0 Å². The number of aromatic nitrogens is 1. The van der Waals surface area contributed by atoms with E-state index in [1.165, 1.54) is 0 Å². The minimum absolute atomic E-state index is 0.849. The van der Waals surface area contributed by atoms with Crippen LogP contribution in [-0.4, -0.2) is 19.1 Å². The molecule has 0 spiro atoms. The largest absolute Gasteiger partial charge is 0.497 e. The average Bonchev–Trinajstić information content (AvgIpc) is 2.38. The first-order valence-electron chi connectivity index (χ1n) is 5.52. The van der Waals surface area contributed by atoms with Crippen LogP contribution in [0.3, 0.4) is 0 Å². The molecule has 0 aliphatic rings. The Morgan fingerprint density at radius 3 is 2.59 bits per heavy atom. The molecule has 0 saturated carbocycles. The van der Waals surface area contributed by atoms with Gasteiger partial charge in [-0.2, -0.15) is 0 Å². The van der Waals surface area contributed by atoms with Crippen LogP contribution >= 0.6 is 0 Å². The SMILES string of the molecule is COc1cccc(N(C)c2cccc(C)n2)c1. The molecule has 2 aromatic rings. The Balaban J connectivity index is 2.33. The Morgan fingerprint density at radius 1 is 1.12 bits per heavy atom. The van der Waals surface area contributed by atoms with Crippen molar-refractivity contribution in [2.45, 2.75) is 6.92 Å². The van der Waals surface area contributed by atoms with E-state index in [9.17, 15) is 0 Å². The van der Waals surface area contributed by atoms with Crippen LogP contribution in [0.5, 0.6) is 5.75 Å². The fourth-order valence-electron chi connectivity index (χ4n) is 1.67. The molecule has 0 unspecified atom stereocenters. The first-order valence-corrected chi connectivity index (χ1v) is 5.52. The van der Waals surface area contributed by atoms with Gasteiger partial charge in [0.05, 0.1) is 7.11 Å². The fraction of sp³-hybridized carbons (Fsp3) is 0.214. The third kappa shape index (κ3) is 2.56. The predicted octanol–water partition coefficient (Wildman–Crippen LogP) is 3.17. The van der Waals surface area contributed by atoms with Crippen LogP contribution in [0.15, 0.2) is 42.5 Å². The lowest BCUT2D eigenvalue weighted by Gasteiger charge is -2.19. The van der Waals surface area contributed by atoms with Gasteiger partial charge in [0.15, 0.2) is 0 Å². The number of nitrogens with zero attached hydrogens (tertiary/aromatic N) is 2. The highest BCUT2D eigenvalue weighted by Crippen LogP contribution is 2.25. The van der Waals surface area contributed by atoms with Gasteiger partial charge in [0, 0.05) is 24.5 Å². The topological polar surface area (TPSA) is 25.4 Å². The standard InChI is InChI=1S/C14H16N2O/c1-11-6-4-9-14(15-11)16(2)12-7-5-8-13(10-12)17-3/h4-10H,1-3H3. The number of hydrogen-bond acceptors (Lipinski definition) is 3. The number of rotatable bonds is 3. The summed E-state index contributed by atoms with van der Waals surface area (Å²) < 4.78 is 5.22. The summed E-state index contributed by atoms with van der Waals surface area (Å²) in [6.07, 6.45) is 0. The zero-order chi connectivity index (χ0) is 12.3. The number of aryl methyl sites for hydroxylation is 1. The molecule has 3 heteroatoms. The van der Waals surface area contributed by atoms with Crippen LogP contribution in [0.2, 0.25) is 0 Å². The van der Waals surface area contributed by atoms with E-state index < -0.39 is 0 Å². The van der Waals surface area contributed by atoms with E-state index in [-0.39, 0.29) is 0 Å². The van der Waals surface area contributed by atoms with E-state index in [1.54, 1.807) is 7.11 Å². The highest BCUT2D eigenvalue weighted by Gasteiger charge is 2.05. The maximum Gasteiger partial charge on any atom is 0.132 e. The first kappa shape index (κ1) is 11.5. The highest BCUT2D eigenvalue weighted by molar-refractivity contribution is 5.60.